The van der Waals surface area contributed by atoms with Crippen molar-refractivity contribution in [3.05, 3.63) is 144 Å². The first-order chi connectivity index (χ1) is 16.3. The van der Waals surface area contributed by atoms with E-state index in [0.29, 0.717) is 0 Å². The van der Waals surface area contributed by atoms with Crippen LogP contribution in [0.25, 0.3) is 0 Å². The highest BCUT2D eigenvalue weighted by atomic mass is 16.1. The minimum Gasteiger partial charge on any atom is -0.298 e. The highest BCUT2D eigenvalue weighted by Gasteiger charge is 2.50. The second-order valence-electron chi connectivity index (χ2n) is 8.40. The van der Waals surface area contributed by atoms with Gasteiger partial charge in [0.15, 0.2) is 12.0 Å². The number of piperidine rings is 1. The number of ketones is 1. The number of carbonyl (C=O) groups excluding carboxylic acids is 1. The molecule has 4 atom stereocenters. The first-order valence-electron chi connectivity index (χ1n) is 11.2. The van der Waals surface area contributed by atoms with Crippen molar-refractivity contribution in [1.82, 2.24) is 4.90 Å². The summed E-state index contributed by atoms with van der Waals surface area (Å²) in [5.41, 5.74) is 3.80. The Hall–Kier alpha value is -4.16. The van der Waals surface area contributed by atoms with Crippen LogP contribution in [0, 0.1) is 11.5 Å². The lowest BCUT2D eigenvalue weighted by atomic mass is 9.68. The Balaban J connectivity index is 1.76. The molecule has 5 rings (SSSR count). The van der Waals surface area contributed by atoms with Crippen LogP contribution < -0.4 is 0 Å². The van der Waals surface area contributed by atoms with Gasteiger partial charge in [-0.1, -0.05) is 121 Å². The summed E-state index contributed by atoms with van der Waals surface area (Å²) in [5, 5.41) is 10.5. The van der Waals surface area contributed by atoms with Crippen LogP contribution in [-0.2, 0) is 4.79 Å². The molecule has 1 fully saturated rings. The molecule has 0 amide bonds. The standard InChI is InChI=1S/C30H24N2O/c31-21-32-28(24-17-9-3-10-18-24)26(22-13-5-1-6-14-22)30(33)27(23-15-7-2-8-16-23)29(32)25-19-11-4-12-20-25/h1-20,26-29H. The van der Waals surface area contributed by atoms with Crippen LogP contribution in [0.2, 0.25) is 0 Å². The Morgan fingerprint density at radius 1 is 0.515 bits per heavy atom. The molecule has 33 heavy (non-hydrogen) atoms. The maximum Gasteiger partial charge on any atom is 0.180 e. The second kappa shape index (κ2) is 9.14. The smallest absolute Gasteiger partial charge is 0.180 e. The number of nitrogens with zero attached hydrogens (tertiary/aromatic N) is 2. The van der Waals surface area contributed by atoms with Crippen LogP contribution >= 0.6 is 0 Å². The predicted molar refractivity (Wildman–Crippen MR) is 129 cm³/mol. The molecule has 4 unspecified atom stereocenters. The highest BCUT2D eigenvalue weighted by Crippen LogP contribution is 2.52. The monoisotopic (exact) mass is 428 g/mol. The van der Waals surface area contributed by atoms with E-state index in [4.69, 9.17) is 0 Å². The van der Waals surface area contributed by atoms with E-state index in [1.54, 1.807) is 0 Å². The predicted octanol–water partition coefficient (Wildman–Crippen LogP) is 6.40. The van der Waals surface area contributed by atoms with Crippen LogP contribution in [0.3, 0.4) is 0 Å². The maximum absolute atomic E-state index is 14.4. The minimum atomic E-state index is -0.460. The Labute approximate surface area is 194 Å². The van der Waals surface area contributed by atoms with Gasteiger partial charge in [0.25, 0.3) is 0 Å². The van der Waals surface area contributed by atoms with Gasteiger partial charge < -0.3 is 0 Å². The molecule has 4 aromatic carbocycles. The molecule has 1 aliphatic heterocycles. The molecule has 4 aromatic rings. The molecule has 0 radical (unpaired) electrons. The molecule has 3 nitrogen and oxygen atoms in total. The summed E-state index contributed by atoms with van der Waals surface area (Å²) < 4.78 is 0. The number of likely N-dealkylation sites (tertiary alicyclic amines) is 1. The maximum atomic E-state index is 14.4. The number of benzene rings is 4. The lowest BCUT2D eigenvalue weighted by Crippen LogP contribution is -2.46. The molecule has 0 bridgehead atoms. The van der Waals surface area contributed by atoms with Crippen molar-refractivity contribution in [3.8, 4) is 6.19 Å². The van der Waals surface area contributed by atoms with E-state index < -0.39 is 23.9 Å². The molecule has 1 aliphatic rings. The van der Waals surface area contributed by atoms with Crippen LogP contribution in [0.4, 0.5) is 0 Å². The quantitative estimate of drug-likeness (QED) is 0.353. The molecule has 0 spiro atoms. The van der Waals surface area contributed by atoms with Crippen molar-refractivity contribution < 1.29 is 4.79 Å². The van der Waals surface area contributed by atoms with Gasteiger partial charge in [0.05, 0.1) is 23.9 Å². The van der Waals surface area contributed by atoms with Crippen LogP contribution in [-0.4, -0.2) is 10.7 Å². The van der Waals surface area contributed by atoms with Gasteiger partial charge in [0, 0.05) is 0 Å². The summed E-state index contributed by atoms with van der Waals surface area (Å²) in [7, 11) is 0. The summed E-state index contributed by atoms with van der Waals surface area (Å²) in [4.78, 5) is 16.3. The Kier molecular flexibility index (Phi) is 5.74. The Bertz CT molecular complexity index is 1160. The zero-order valence-electron chi connectivity index (χ0n) is 18.2. The van der Waals surface area contributed by atoms with Crippen molar-refractivity contribution >= 4 is 5.78 Å². The number of carbonyl (C=O) groups is 1. The fourth-order valence-electron chi connectivity index (χ4n) is 5.14. The Morgan fingerprint density at radius 2 is 0.818 bits per heavy atom. The lowest BCUT2D eigenvalue weighted by Gasteiger charge is -2.47. The van der Waals surface area contributed by atoms with Gasteiger partial charge in [-0.05, 0) is 22.3 Å². The van der Waals surface area contributed by atoms with E-state index in [2.05, 4.69) is 6.19 Å². The third kappa shape index (κ3) is 3.81. The molecule has 3 heteroatoms. The van der Waals surface area contributed by atoms with Gasteiger partial charge in [-0.15, -0.1) is 0 Å². The van der Waals surface area contributed by atoms with Crippen LogP contribution in [0.15, 0.2) is 121 Å². The average Bonchev–Trinajstić information content (AvgIpc) is 2.90. The Morgan fingerprint density at radius 3 is 1.12 bits per heavy atom. The summed E-state index contributed by atoms with van der Waals surface area (Å²) in [5.74, 6) is -0.779. The van der Waals surface area contributed by atoms with E-state index in [0.717, 1.165) is 22.3 Å². The van der Waals surface area contributed by atoms with Crippen molar-refractivity contribution in [1.29, 1.82) is 5.26 Å². The molecule has 1 heterocycles. The fraction of sp³-hybridized carbons (Fsp3) is 0.133. The molecule has 160 valence electrons. The molecule has 0 aromatic heterocycles. The first kappa shape index (κ1) is 20.7. The molecule has 0 saturated carbocycles. The molecule has 1 saturated heterocycles. The van der Waals surface area contributed by atoms with Gasteiger partial charge >= 0.3 is 0 Å². The second-order valence-corrected chi connectivity index (χ2v) is 8.40. The van der Waals surface area contributed by atoms with Crippen molar-refractivity contribution in [2.24, 2.45) is 0 Å². The van der Waals surface area contributed by atoms with Crippen LogP contribution in [0.5, 0.6) is 0 Å². The summed E-state index contributed by atoms with van der Waals surface area (Å²) in [6, 6.07) is 38.8. The van der Waals surface area contributed by atoms with Crippen molar-refractivity contribution in [2.75, 3.05) is 0 Å². The van der Waals surface area contributed by atoms with E-state index in [1.165, 1.54) is 0 Å². The number of nitriles is 1. The summed E-state index contributed by atoms with van der Waals surface area (Å²) in [6.07, 6.45) is 2.50. The third-order valence-electron chi connectivity index (χ3n) is 6.56. The number of hydrogen-bond donors (Lipinski definition) is 0. The molecular formula is C30H24N2O. The average molecular weight is 429 g/mol. The largest absolute Gasteiger partial charge is 0.298 e. The van der Waals surface area contributed by atoms with Crippen molar-refractivity contribution in [2.45, 2.75) is 23.9 Å². The SMILES string of the molecule is N#CN1C(c2ccccc2)C(c2ccccc2)C(=O)C(c2ccccc2)C1c1ccccc1. The number of hydrogen-bond acceptors (Lipinski definition) is 3. The fourth-order valence-corrected chi connectivity index (χ4v) is 5.14. The lowest BCUT2D eigenvalue weighted by molar-refractivity contribution is -0.129. The number of rotatable bonds is 4. The highest BCUT2D eigenvalue weighted by molar-refractivity contribution is 5.94. The van der Waals surface area contributed by atoms with E-state index >= 15 is 0 Å². The van der Waals surface area contributed by atoms with E-state index in [9.17, 15) is 10.1 Å². The van der Waals surface area contributed by atoms with Gasteiger partial charge in [-0.3, -0.25) is 9.69 Å². The molecule has 0 N–H and O–H groups in total. The van der Waals surface area contributed by atoms with Crippen LogP contribution in [0.1, 0.15) is 46.2 Å². The van der Waals surface area contributed by atoms with Gasteiger partial charge in [0.1, 0.15) is 0 Å². The minimum absolute atomic E-state index is 0.140. The topological polar surface area (TPSA) is 44.1 Å². The zero-order valence-corrected chi connectivity index (χ0v) is 18.2. The van der Waals surface area contributed by atoms with Gasteiger partial charge in [-0.2, -0.15) is 5.26 Å². The summed E-state index contributed by atoms with van der Waals surface area (Å²) >= 11 is 0. The van der Waals surface area contributed by atoms with E-state index in [1.807, 2.05) is 126 Å². The first-order valence-corrected chi connectivity index (χ1v) is 11.2. The number of Topliss-reactive ketones (excluding diaryl/α,β-unsaturated/α-hetero) is 1. The zero-order chi connectivity index (χ0) is 22.6. The molecule has 0 aliphatic carbocycles. The molecular weight excluding hydrogens is 404 g/mol. The summed E-state index contributed by atoms with van der Waals surface area (Å²) in [6.45, 7) is 0. The van der Waals surface area contributed by atoms with E-state index in [-0.39, 0.29) is 5.78 Å². The third-order valence-corrected chi connectivity index (χ3v) is 6.56. The van der Waals surface area contributed by atoms with Gasteiger partial charge in [0.2, 0.25) is 0 Å². The normalized spacial score (nSPS) is 22.5. The van der Waals surface area contributed by atoms with Gasteiger partial charge in [-0.25, -0.2) is 0 Å². The van der Waals surface area contributed by atoms with Crippen molar-refractivity contribution in [3.63, 3.8) is 0 Å².